The van der Waals surface area contributed by atoms with Crippen LogP contribution in [0.2, 0.25) is 5.28 Å². The van der Waals surface area contributed by atoms with Crippen molar-refractivity contribution in [1.29, 1.82) is 0 Å². The van der Waals surface area contributed by atoms with E-state index in [1.54, 1.807) is 0 Å². The Hall–Kier alpha value is -0.850. The Bertz CT molecular complexity index is 523. The predicted molar refractivity (Wildman–Crippen MR) is 69.7 cm³/mol. The molecule has 0 amide bonds. The van der Waals surface area contributed by atoms with Crippen LogP contribution in [-0.4, -0.2) is 22.1 Å². The summed E-state index contributed by atoms with van der Waals surface area (Å²) < 4.78 is 5.95. The highest BCUT2D eigenvalue weighted by Gasteiger charge is 2.06. The number of aromatic nitrogens is 3. The first-order valence-corrected chi connectivity index (χ1v) is 6.55. The van der Waals surface area contributed by atoms with E-state index in [0.717, 1.165) is 9.37 Å². The second kappa shape index (κ2) is 5.66. The Labute approximate surface area is 116 Å². The summed E-state index contributed by atoms with van der Waals surface area (Å²) in [6.07, 6.45) is 0. The minimum absolute atomic E-state index is 0.122. The first kappa shape index (κ1) is 12.6. The minimum Gasteiger partial charge on any atom is -0.467 e. The molecule has 7 heteroatoms. The van der Waals surface area contributed by atoms with Crippen LogP contribution in [0.25, 0.3) is 0 Å². The van der Waals surface area contributed by atoms with Gasteiger partial charge >= 0.3 is 6.01 Å². The van der Waals surface area contributed by atoms with Crippen molar-refractivity contribution in [3.8, 4) is 6.01 Å². The standard InChI is InChI=1S/C10H7BrClN3OS/c1-16-9-13-8(12)14-10(15-9)17-7-4-2-6(11)3-5-7/h2-5H,1H3. The average molecular weight is 333 g/mol. The number of benzene rings is 1. The Morgan fingerprint density at radius 2 is 1.88 bits per heavy atom. The Morgan fingerprint density at radius 1 is 1.18 bits per heavy atom. The fraction of sp³-hybridized carbons (Fsp3) is 0.100. The third-order valence-electron chi connectivity index (χ3n) is 1.77. The third kappa shape index (κ3) is 3.55. The van der Waals surface area contributed by atoms with E-state index in [4.69, 9.17) is 16.3 Å². The van der Waals surface area contributed by atoms with Crippen LogP contribution in [0, 0.1) is 0 Å². The van der Waals surface area contributed by atoms with Gasteiger partial charge in [-0.15, -0.1) is 0 Å². The van der Waals surface area contributed by atoms with Crippen molar-refractivity contribution in [2.24, 2.45) is 0 Å². The highest BCUT2D eigenvalue weighted by Crippen LogP contribution is 2.27. The summed E-state index contributed by atoms with van der Waals surface area (Å²) in [5.74, 6) is 0. The summed E-state index contributed by atoms with van der Waals surface area (Å²) in [6, 6.07) is 8.02. The number of ether oxygens (including phenoxy) is 1. The number of nitrogens with zero attached hydrogens (tertiary/aromatic N) is 3. The zero-order chi connectivity index (χ0) is 12.3. The summed E-state index contributed by atoms with van der Waals surface area (Å²) in [5.41, 5.74) is 0. The maximum Gasteiger partial charge on any atom is 0.321 e. The molecule has 1 aromatic heterocycles. The quantitative estimate of drug-likeness (QED) is 0.861. The van der Waals surface area contributed by atoms with Crippen LogP contribution in [0.15, 0.2) is 38.8 Å². The van der Waals surface area contributed by atoms with Gasteiger partial charge in [-0.3, -0.25) is 0 Å². The molecule has 0 aliphatic heterocycles. The van der Waals surface area contributed by atoms with E-state index in [1.807, 2.05) is 24.3 Å². The number of halogens is 2. The molecule has 0 bridgehead atoms. The van der Waals surface area contributed by atoms with E-state index < -0.39 is 0 Å². The van der Waals surface area contributed by atoms with E-state index in [9.17, 15) is 0 Å². The molecule has 0 fully saturated rings. The molecule has 0 atom stereocenters. The normalized spacial score (nSPS) is 10.3. The molecule has 17 heavy (non-hydrogen) atoms. The molecule has 0 radical (unpaired) electrons. The zero-order valence-corrected chi connectivity index (χ0v) is 11.9. The summed E-state index contributed by atoms with van der Waals surface area (Å²) in [7, 11) is 1.49. The highest BCUT2D eigenvalue weighted by molar-refractivity contribution is 9.10. The van der Waals surface area contributed by atoms with E-state index >= 15 is 0 Å². The third-order valence-corrected chi connectivity index (χ3v) is 3.34. The van der Waals surface area contributed by atoms with Gasteiger partial charge in [0.05, 0.1) is 7.11 Å². The Kier molecular flexibility index (Phi) is 4.20. The van der Waals surface area contributed by atoms with Gasteiger partial charge in [-0.1, -0.05) is 15.9 Å². The van der Waals surface area contributed by atoms with Crippen LogP contribution in [0.4, 0.5) is 0 Å². The summed E-state index contributed by atoms with van der Waals surface area (Å²) >= 11 is 10.5. The highest BCUT2D eigenvalue weighted by atomic mass is 79.9. The summed E-state index contributed by atoms with van der Waals surface area (Å²) in [6.45, 7) is 0. The number of hydrogen-bond acceptors (Lipinski definition) is 5. The van der Waals surface area contributed by atoms with E-state index in [-0.39, 0.29) is 11.3 Å². The maximum absolute atomic E-state index is 5.76. The van der Waals surface area contributed by atoms with Crippen LogP contribution in [0.5, 0.6) is 6.01 Å². The molecular formula is C10H7BrClN3OS. The lowest BCUT2D eigenvalue weighted by Gasteiger charge is -2.02. The van der Waals surface area contributed by atoms with Crippen LogP contribution >= 0.6 is 39.3 Å². The molecule has 1 aromatic carbocycles. The first-order valence-electron chi connectivity index (χ1n) is 4.56. The van der Waals surface area contributed by atoms with Gasteiger partial charge in [0.1, 0.15) is 0 Å². The molecule has 0 N–H and O–H groups in total. The van der Waals surface area contributed by atoms with Crippen molar-refractivity contribution in [1.82, 2.24) is 15.0 Å². The molecule has 0 unspecified atom stereocenters. The smallest absolute Gasteiger partial charge is 0.321 e. The second-order valence-electron chi connectivity index (χ2n) is 2.93. The first-order chi connectivity index (χ1) is 8.17. The van der Waals surface area contributed by atoms with Gasteiger partial charge in [-0.05, 0) is 47.6 Å². The summed E-state index contributed by atoms with van der Waals surface area (Å²) in [5, 5.41) is 0.626. The van der Waals surface area contributed by atoms with Crippen LogP contribution < -0.4 is 4.74 Å². The second-order valence-corrected chi connectivity index (χ2v) is 5.22. The fourth-order valence-corrected chi connectivity index (χ4v) is 2.27. The molecule has 88 valence electrons. The van der Waals surface area contributed by atoms with Crippen molar-refractivity contribution in [2.45, 2.75) is 10.1 Å². The molecule has 2 rings (SSSR count). The largest absolute Gasteiger partial charge is 0.467 e. The van der Waals surface area contributed by atoms with Crippen LogP contribution in [0.3, 0.4) is 0 Å². The summed E-state index contributed by atoms with van der Waals surface area (Å²) in [4.78, 5) is 12.9. The van der Waals surface area contributed by atoms with Gasteiger partial charge in [-0.25, -0.2) is 0 Å². The van der Waals surface area contributed by atoms with Crippen molar-refractivity contribution in [3.05, 3.63) is 34.0 Å². The number of rotatable bonds is 3. The number of hydrogen-bond donors (Lipinski definition) is 0. The van der Waals surface area contributed by atoms with Crippen molar-refractivity contribution < 1.29 is 4.74 Å². The molecule has 0 saturated carbocycles. The molecule has 0 saturated heterocycles. The van der Waals surface area contributed by atoms with Crippen molar-refractivity contribution in [3.63, 3.8) is 0 Å². The lowest BCUT2D eigenvalue weighted by molar-refractivity contribution is 0.373. The Morgan fingerprint density at radius 3 is 2.53 bits per heavy atom. The SMILES string of the molecule is COc1nc(Cl)nc(Sc2ccc(Br)cc2)n1. The topological polar surface area (TPSA) is 47.9 Å². The molecule has 1 heterocycles. The van der Waals surface area contributed by atoms with Crippen LogP contribution in [-0.2, 0) is 0 Å². The lowest BCUT2D eigenvalue weighted by Crippen LogP contribution is -1.96. The van der Waals surface area contributed by atoms with E-state index in [2.05, 4.69) is 30.9 Å². The molecule has 4 nitrogen and oxygen atoms in total. The average Bonchev–Trinajstić information content (AvgIpc) is 2.31. The molecule has 0 spiro atoms. The van der Waals surface area contributed by atoms with Gasteiger partial charge in [0.15, 0.2) is 5.16 Å². The molecular weight excluding hydrogens is 326 g/mol. The monoisotopic (exact) mass is 331 g/mol. The molecule has 0 aliphatic rings. The molecule has 0 aliphatic carbocycles. The predicted octanol–water partition coefficient (Wildman–Crippen LogP) is 3.45. The fourth-order valence-electron chi connectivity index (χ4n) is 1.06. The van der Waals surface area contributed by atoms with Crippen LogP contribution in [0.1, 0.15) is 0 Å². The lowest BCUT2D eigenvalue weighted by atomic mass is 10.4. The van der Waals surface area contributed by atoms with Crippen molar-refractivity contribution in [2.75, 3.05) is 7.11 Å². The Balaban J connectivity index is 2.23. The maximum atomic E-state index is 5.76. The van der Waals surface area contributed by atoms with Gasteiger partial charge < -0.3 is 4.74 Å². The van der Waals surface area contributed by atoms with Gasteiger partial charge in [0.25, 0.3) is 0 Å². The van der Waals surface area contributed by atoms with Crippen molar-refractivity contribution >= 4 is 39.3 Å². The van der Waals surface area contributed by atoms with E-state index in [1.165, 1.54) is 18.9 Å². The minimum atomic E-state index is 0.122. The van der Waals surface area contributed by atoms with Gasteiger partial charge in [0.2, 0.25) is 5.28 Å². The van der Waals surface area contributed by atoms with Gasteiger partial charge in [0, 0.05) is 9.37 Å². The zero-order valence-electron chi connectivity index (χ0n) is 8.72. The number of methoxy groups -OCH3 is 1. The van der Waals surface area contributed by atoms with Gasteiger partial charge in [-0.2, -0.15) is 15.0 Å². The molecule has 2 aromatic rings. The van der Waals surface area contributed by atoms with E-state index in [0.29, 0.717) is 5.16 Å².